The molecule has 6 nitrogen and oxygen atoms in total. The van der Waals surface area contributed by atoms with Gasteiger partial charge in [0.05, 0.1) is 12.2 Å². The zero-order valence-electron chi connectivity index (χ0n) is 13.7. The molecule has 0 spiro atoms. The van der Waals surface area contributed by atoms with Crippen molar-refractivity contribution in [2.75, 3.05) is 19.7 Å². The molecule has 0 unspecified atom stereocenters. The molecule has 0 aliphatic carbocycles. The number of nitrogens with zero attached hydrogens (tertiary/aromatic N) is 2. The molecule has 1 saturated heterocycles. The lowest BCUT2D eigenvalue weighted by Gasteiger charge is -2.43. The van der Waals surface area contributed by atoms with Crippen LogP contribution in [0.25, 0.3) is 0 Å². The molecule has 3 N–H and O–H groups in total. The average Bonchev–Trinajstić information content (AvgIpc) is 2.44. The van der Waals surface area contributed by atoms with Crippen molar-refractivity contribution in [2.45, 2.75) is 59.0 Å². The van der Waals surface area contributed by atoms with Crippen LogP contribution in [0.5, 0.6) is 0 Å². The highest BCUT2D eigenvalue weighted by atomic mass is 16.5. The number of amidine groups is 1. The van der Waals surface area contributed by atoms with Gasteiger partial charge in [-0.05, 0) is 26.7 Å². The van der Waals surface area contributed by atoms with E-state index >= 15 is 0 Å². The normalized spacial score (nSPS) is 19.6. The molecular formula is C15H29N3O3. The van der Waals surface area contributed by atoms with E-state index in [0.717, 1.165) is 12.8 Å². The summed E-state index contributed by atoms with van der Waals surface area (Å²) >= 11 is 0. The zero-order valence-corrected chi connectivity index (χ0v) is 13.7. The Kier molecular flexibility index (Phi) is 6.01. The highest BCUT2D eigenvalue weighted by molar-refractivity contribution is 6.06. The van der Waals surface area contributed by atoms with E-state index in [4.69, 9.17) is 15.7 Å². The number of hydrogen-bond donors (Lipinski definition) is 2. The number of morpholine rings is 1. The molecule has 0 saturated carbocycles. The second kappa shape index (κ2) is 7.11. The minimum absolute atomic E-state index is 0.0282. The summed E-state index contributed by atoms with van der Waals surface area (Å²) in [7, 11) is 0. The summed E-state index contributed by atoms with van der Waals surface area (Å²) in [5.41, 5.74) is 4.67. The molecule has 122 valence electrons. The summed E-state index contributed by atoms with van der Waals surface area (Å²) in [4.78, 5) is 14.9. The maximum atomic E-state index is 13.1. The minimum atomic E-state index is -0.897. The molecular weight excluding hydrogens is 270 g/mol. The molecule has 1 fully saturated rings. The zero-order chi connectivity index (χ0) is 16.1. The highest BCUT2D eigenvalue weighted by Gasteiger charge is 2.45. The molecule has 1 rings (SSSR count). The highest BCUT2D eigenvalue weighted by Crippen LogP contribution is 2.34. The SMILES string of the molecule is CCCC(CCC)(C(=O)N1CCOC(C)(C)C1)C(N)=NO. The summed E-state index contributed by atoms with van der Waals surface area (Å²) in [5, 5.41) is 12.3. The van der Waals surface area contributed by atoms with E-state index in [1.54, 1.807) is 4.90 Å². The Balaban J connectivity index is 3.09. The lowest BCUT2D eigenvalue weighted by molar-refractivity contribution is -0.153. The molecule has 1 aliphatic heterocycles. The van der Waals surface area contributed by atoms with Crippen LogP contribution in [0, 0.1) is 5.41 Å². The van der Waals surface area contributed by atoms with Crippen LogP contribution in [-0.4, -0.2) is 47.1 Å². The Morgan fingerprint density at radius 2 is 1.95 bits per heavy atom. The van der Waals surface area contributed by atoms with Gasteiger partial charge in [-0.1, -0.05) is 31.8 Å². The van der Waals surface area contributed by atoms with E-state index in [0.29, 0.717) is 32.5 Å². The predicted octanol–water partition coefficient (Wildman–Crippen LogP) is 1.96. The number of amides is 1. The van der Waals surface area contributed by atoms with Gasteiger partial charge in [0.2, 0.25) is 5.91 Å². The van der Waals surface area contributed by atoms with Crippen LogP contribution in [0.4, 0.5) is 0 Å². The molecule has 6 heteroatoms. The molecule has 0 radical (unpaired) electrons. The van der Waals surface area contributed by atoms with Gasteiger partial charge in [-0.25, -0.2) is 0 Å². The fourth-order valence-corrected chi connectivity index (χ4v) is 3.15. The molecule has 0 aromatic heterocycles. The monoisotopic (exact) mass is 299 g/mol. The Labute approximate surface area is 127 Å². The average molecular weight is 299 g/mol. The lowest BCUT2D eigenvalue weighted by Crippen LogP contribution is -2.57. The van der Waals surface area contributed by atoms with Crippen LogP contribution in [-0.2, 0) is 9.53 Å². The van der Waals surface area contributed by atoms with Gasteiger partial charge < -0.3 is 20.6 Å². The second-order valence-corrected chi connectivity index (χ2v) is 6.40. The van der Waals surface area contributed by atoms with Crippen LogP contribution < -0.4 is 5.73 Å². The first-order valence-corrected chi connectivity index (χ1v) is 7.74. The standard InChI is InChI=1S/C15H29N3O3/c1-5-7-15(8-6-2,12(16)17-20)13(19)18-9-10-21-14(3,4)11-18/h20H,5-11H2,1-4H3,(H2,16,17). The molecule has 1 heterocycles. The van der Waals surface area contributed by atoms with Crippen molar-refractivity contribution in [3.05, 3.63) is 0 Å². The number of carbonyl (C=O) groups excluding carboxylic acids is 1. The number of nitrogens with two attached hydrogens (primary N) is 1. The first-order valence-electron chi connectivity index (χ1n) is 7.74. The molecule has 21 heavy (non-hydrogen) atoms. The summed E-state index contributed by atoms with van der Waals surface area (Å²) in [6.45, 7) is 9.55. The third-order valence-electron chi connectivity index (χ3n) is 4.07. The smallest absolute Gasteiger partial charge is 0.236 e. The van der Waals surface area contributed by atoms with Crippen molar-refractivity contribution >= 4 is 11.7 Å². The third-order valence-corrected chi connectivity index (χ3v) is 4.07. The van der Waals surface area contributed by atoms with E-state index in [2.05, 4.69) is 5.16 Å². The number of hydrogen-bond acceptors (Lipinski definition) is 4. The van der Waals surface area contributed by atoms with Crippen LogP contribution in [0.2, 0.25) is 0 Å². The fourth-order valence-electron chi connectivity index (χ4n) is 3.15. The van der Waals surface area contributed by atoms with E-state index in [1.165, 1.54) is 0 Å². The van der Waals surface area contributed by atoms with E-state index in [1.807, 2.05) is 27.7 Å². The third kappa shape index (κ3) is 3.87. The van der Waals surface area contributed by atoms with Gasteiger partial charge in [0.1, 0.15) is 5.41 Å². The van der Waals surface area contributed by atoms with Gasteiger partial charge in [0.25, 0.3) is 0 Å². The quantitative estimate of drug-likeness (QED) is 0.339. The van der Waals surface area contributed by atoms with Crippen molar-refractivity contribution in [2.24, 2.45) is 16.3 Å². The molecule has 1 amide bonds. The topological polar surface area (TPSA) is 88.2 Å². The summed E-state index contributed by atoms with van der Waals surface area (Å²) in [6, 6.07) is 0. The van der Waals surface area contributed by atoms with Crippen molar-refractivity contribution in [1.29, 1.82) is 0 Å². The Morgan fingerprint density at radius 3 is 2.38 bits per heavy atom. The Hall–Kier alpha value is -1.30. The summed E-state index contributed by atoms with van der Waals surface area (Å²) in [6.07, 6.45) is 2.78. The van der Waals surface area contributed by atoms with Gasteiger partial charge in [0, 0.05) is 13.1 Å². The Bertz CT molecular complexity index is 388. The number of oxime groups is 1. The largest absolute Gasteiger partial charge is 0.409 e. The van der Waals surface area contributed by atoms with Crippen molar-refractivity contribution < 1.29 is 14.7 Å². The van der Waals surface area contributed by atoms with Gasteiger partial charge in [-0.15, -0.1) is 0 Å². The van der Waals surface area contributed by atoms with E-state index in [9.17, 15) is 4.79 Å². The summed E-state index contributed by atoms with van der Waals surface area (Å²) < 4.78 is 5.66. The second-order valence-electron chi connectivity index (χ2n) is 6.40. The van der Waals surface area contributed by atoms with Crippen LogP contribution in [0.15, 0.2) is 5.16 Å². The van der Waals surface area contributed by atoms with Gasteiger partial charge in [0.15, 0.2) is 5.84 Å². The van der Waals surface area contributed by atoms with E-state index < -0.39 is 5.41 Å². The molecule has 0 aromatic carbocycles. The first-order chi connectivity index (χ1) is 9.83. The van der Waals surface area contributed by atoms with Crippen LogP contribution in [0.3, 0.4) is 0 Å². The maximum Gasteiger partial charge on any atom is 0.236 e. The van der Waals surface area contributed by atoms with Crippen molar-refractivity contribution in [3.8, 4) is 0 Å². The lowest BCUT2D eigenvalue weighted by atomic mass is 9.76. The Morgan fingerprint density at radius 1 is 1.38 bits per heavy atom. The van der Waals surface area contributed by atoms with Gasteiger partial charge >= 0.3 is 0 Å². The van der Waals surface area contributed by atoms with E-state index in [-0.39, 0.29) is 17.3 Å². The van der Waals surface area contributed by atoms with Gasteiger partial charge in [-0.3, -0.25) is 4.79 Å². The predicted molar refractivity (Wildman–Crippen MR) is 82.3 cm³/mol. The fraction of sp³-hybridized carbons (Fsp3) is 0.867. The molecule has 0 bridgehead atoms. The summed E-state index contributed by atoms with van der Waals surface area (Å²) in [5.74, 6) is -0.0154. The van der Waals surface area contributed by atoms with Gasteiger partial charge in [-0.2, -0.15) is 0 Å². The first kappa shape index (κ1) is 17.8. The molecule has 0 atom stereocenters. The number of carbonyl (C=O) groups is 1. The van der Waals surface area contributed by atoms with Crippen LogP contribution in [0.1, 0.15) is 53.4 Å². The van der Waals surface area contributed by atoms with Crippen molar-refractivity contribution in [1.82, 2.24) is 4.90 Å². The molecule has 1 aliphatic rings. The van der Waals surface area contributed by atoms with Crippen molar-refractivity contribution in [3.63, 3.8) is 0 Å². The maximum absolute atomic E-state index is 13.1. The molecule has 0 aromatic rings. The number of rotatable bonds is 6. The minimum Gasteiger partial charge on any atom is -0.409 e. The van der Waals surface area contributed by atoms with Crippen LogP contribution >= 0.6 is 0 Å². The number of ether oxygens (including phenoxy) is 1.